The summed E-state index contributed by atoms with van der Waals surface area (Å²) in [4.78, 5) is 19.1. The predicted molar refractivity (Wildman–Crippen MR) is 171 cm³/mol. The van der Waals surface area contributed by atoms with Gasteiger partial charge in [-0.1, -0.05) is 97.1 Å². The summed E-state index contributed by atoms with van der Waals surface area (Å²) in [6, 6.07) is 46.4. The van der Waals surface area contributed by atoms with Crippen LogP contribution in [0.25, 0.3) is 82.0 Å². The van der Waals surface area contributed by atoms with Gasteiger partial charge in [-0.05, 0) is 85.6 Å². The number of benzene rings is 7. The van der Waals surface area contributed by atoms with E-state index in [9.17, 15) is 4.79 Å². The van der Waals surface area contributed by atoms with Crippen molar-refractivity contribution in [2.24, 2.45) is 0 Å². The molecular weight excluding hydrogens is 500 g/mol. The summed E-state index contributed by atoms with van der Waals surface area (Å²) < 4.78 is 1.80. The highest BCUT2D eigenvalue weighted by Crippen LogP contribution is 2.37. The lowest BCUT2D eigenvalue weighted by atomic mass is 9.93. The lowest BCUT2D eigenvalue weighted by molar-refractivity contribution is 1.19. The van der Waals surface area contributed by atoms with E-state index >= 15 is 0 Å². The van der Waals surface area contributed by atoms with Gasteiger partial charge in [-0.2, -0.15) is 0 Å². The number of imidazole rings is 1. The molecule has 9 aromatic rings. The monoisotopic (exact) mass is 522 g/mol. The first kappa shape index (κ1) is 22.3. The highest BCUT2D eigenvalue weighted by Gasteiger charge is 2.18. The Morgan fingerprint density at radius 3 is 1.90 bits per heavy atom. The number of aromatic nitrogens is 2. The Hall–Kier alpha value is -5.54. The minimum absolute atomic E-state index is 0.0353. The Kier molecular flexibility index (Phi) is 4.48. The number of hydrogen-bond donors (Lipinski definition) is 0. The van der Waals surface area contributed by atoms with Gasteiger partial charge in [-0.25, -0.2) is 4.98 Å². The maximum Gasteiger partial charge on any atom is 0.264 e. The lowest BCUT2D eigenvalue weighted by Gasteiger charge is -2.12. The quantitative estimate of drug-likeness (QED) is 0.227. The average Bonchev–Trinajstić information content (AvgIpc) is 3.42. The van der Waals surface area contributed by atoms with Crippen molar-refractivity contribution in [3.63, 3.8) is 0 Å². The van der Waals surface area contributed by atoms with Crippen molar-refractivity contribution in [2.75, 3.05) is 0 Å². The zero-order valence-corrected chi connectivity index (χ0v) is 22.0. The van der Waals surface area contributed by atoms with Crippen LogP contribution < -0.4 is 5.56 Å². The molecule has 2 aromatic heterocycles. The fourth-order valence-corrected chi connectivity index (χ4v) is 6.51. The topological polar surface area (TPSA) is 34.4 Å². The van der Waals surface area contributed by atoms with Gasteiger partial charge in [0, 0.05) is 16.2 Å². The summed E-state index contributed by atoms with van der Waals surface area (Å²) in [5.41, 5.74) is 6.75. The predicted octanol–water partition coefficient (Wildman–Crippen LogP) is 9.23. The molecule has 0 saturated carbocycles. The van der Waals surface area contributed by atoms with Crippen LogP contribution in [0.15, 0.2) is 138 Å². The molecule has 0 aliphatic heterocycles. The number of rotatable bonds is 2. The molecule has 0 radical (unpaired) electrons. The van der Waals surface area contributed by atoms with Crippen LogP contribution in [0.5, 0.6) is 0 Å². The van der Waals surface area contributed by atoms with Gasteiger partial charge < -0.3 is 0 Å². The van der Waals surface area contributed by atoms with Crippen LogP contribution in [0.3, 0.4) is 0 Å². The molecule has 3 nitrogen and oxygen atoms in total. The molecule has 3 heteroatoms. The Labute approximate surface area is 234 Å². The van der Waals surface area contributed by atoms with E-state index < -0.39 is 0 Å². The molecular formula is C38H22N2O. The van der Waals surface area contributed by atoms with Gasteiger partial charge in [-0.15, -0.1) is 0 Å². The molecule has 0 N–H and O–H groups in total. The van der Waals surface area contributed by atoms with E-state index in [0.717, 1.165) is 49.4 Å². The molecule has 0 atom stereocenters. The number of fused-ring (bicyclic) bond motifs is 6. The molecule has 7 aromatic carbocycles. The van der Waals surface area contributed by atoms with Crippen LogP contribution >= 0.6 is 0 Å². The summed E-state index contributed by atoms with van der Waals surface area (Å²) in [6.07, 6.45) is 0. The first-order chi connectivity index (χ1) is 20.2. The first-order valence-corrected chi connectivity index (χ1v) is 13.8. The third-order valence-electron chi connectivity index (χ3n) is 8.51. The molecule has 0 aliphatic carbocycles. The fraction of sp³-hybridized carbons (Fsp3) is 0. The maximum absolute atomic E-state index is 14.1. The third-order valence-corrected chi connectivity index (χ3v) is 8.51. The SMILES string of the molecule is O=c1c2cccc3c(-c4ccc5ccccc5c4)ccc(c32)c2nc3ccc(-c4ccc5ccccc5c4)cc3n12. The van der Waals surface area contributed by atoms with Gasteiger partial charge in [0.2, 0.25) is 0 Å². The molecule has 190 valence electrons. The van der Waals surface area contributed by atoms with Gasteiger partial charge in [0.1, 0.15) is 5.65 Å². The fourth-order valence-electron chi connectivity index (χ4n) is 6.51. The second-order valence-corrected chi connectivity index (χ2v) is 10.8. The van der Waals surface area contributed by atoms with Gasteiger partial charge in [0.05, 0.1) is 11.0 Å². The van der Waals surface area contributed by atoms with E-state index in [2.05, 4.69) is 115 Å². The van der Waals surface area contributed by atoms with Crippen LogP contribution in [-0.4, -0.2) is 9.38 Å². The molecule has 0 aliphatic rings. The number of nitrogens with zero attached hydrogens (tertiary/aromatic N) is 2. The van der Waals surface area contributed by atoms with Crippen LogP contribution in [0.4, 0.5) is 0 Å². The van der Waals surface area contributed by atoms with Crippen molar-refractivity contribution in [1.29, 1.82) is 0 Å². The van der Waals surface area contributed by atoms with Crippen molar-refractivity contribution in [2.45, 2.75) is 0 Å². The summed E-state index contributed by atoms with van der Waals surface area (Å²) >= 11 is 0. The van der Waals surface area contributed by atoms with Crippen molar-refractivity contribution in [3.8, 4) is 22.3 Å². The van der Waals surface area contributed by atoms with Crippen LogP contribution in [0.2, 0.25) is 0 Å². The Morgan fingerprint density at radius 2 is 1.12 bits per heavy atom. The van der Waals surface area contributed by atoms with Crippen LogP contribution in [-0.2, 0) is 0 Å². The smallest absolute Gasteiger partial charge is 0.264 e. The van der Waals surface area contributed by atoms with E-state index in [-0.39, 0.29) is 5.56 Å². The largest absolute Gasteiger partial charge is 0.268 e. The summed E-state index contributed by atoms with van der Waals surface area (Å²) in [5.74, 6) is 0. The summed E-state index contributed by atoms with van der Waals surface area (Å²) in [6.45, 7) is 0. The summed E-state index contributed by atoms with van der Waals surface area (Å²) in [5, 5.41) is 8.56. The van der Waals surface area contributed by atoms with E-state index in [1.807, 2.05) is 18.2 Å². The summed E-state index contributed by atoms with van der Waals surface area (Å²) in [7, 11) is 0. The normalized spacial score (nSPS) is 12.0. The molecule has 0 bridgehead atoms. The molecule has 0 saturated heterocycles. The molecule has 0 unspecified atom stereocenters. The van der Waals surface area contributed by atoms with E-state index in [4.69, 9.17) is 4.98 Å². The third kappa shape index (κ3) is 3.20. The van der Waals surface area contributed by atoms with Crippen molar-refractivity contribution in [1.82, 2.24) is 9.38 Å². The van der Waals surface area contributed by atoms with E-state index in [1.165, 1.54) is 21.5 Å². The second-order valence-electron chi connectivity index (χ2n) is 10.8. The number of hydrogen-bond acceptors (Lipinski definition) is 2. The zero-order chi connectivity index (χ0) is 27.1. The Balaban J connectivity index is 1.30. The van der Waals surface area contributed by atoms with Gasteiger partial charge >= 0.3 is 0 Å². The average molecular weight is 523 g/mol. The standard InChI is InChI=1S/C38H22N2O/c41-38-33-11-5-10-31-30(29-15-13-24-7-2-4-9-26(24)21-29)17-18-32(36(31)33)37-39-34-19-16-28(22-35(34)40(37)38)27-14-12-23-6-1-3-8-25(23)20-27/h1-22H. The highest BCUT2D eigenvalue weighted by atomic mass is 16.1. The van der Waals surface area contributed by atoms with Gasteiger partial charge in [0.15, 0.2) is 0 Å². The van der Waals surface area contributed by atoms with E-state index in [0.29, 0.717) is 11.0 Å². The molecule has 9 rings (SSSR count). The molecule has 0 fully saturated rings. The molecule has 2 heterocycles. The maximum atomic E-state index is 14.1. The van der Waals surface area contributed by atoms with Crippen LogP contribution in [0.1, 0.15) is 0 Å². The Bertz CT molecular complexity index is 2560. The molecule has 0 amide bonds. The number of pyridine rings is 1. The van der Waals surface area contributed by atoms with Crippen molar-refractivity contribution >= 4 is 59.8 Å². The Morgan fingerprint density at radius 1 is 0.488 bits per heavy atom. The minimum Gasteiger partial charge on any atom is -0.268 e. The second kappa shape index (κ2) is 8.23. The van der Waals surface area contributed by atoms with E-state index in [1.54, 1.807) is 4.40 Å². The van der Waals surface area contributed by atoms with Crippen LogP contribution in [0, 0.1) is 0 Å². The zero-order valence-electron chi connectivity index (χ0n) is 22.0. The molecule has 0 spiro atoms. The first-order valence-electron chi connectivity index (χ1n) is 13.8. The minimum atomic E-state index is -0.0353. The van der Waals surface area contributed by atoms with Crippen molar-refractivity contribution < 1.29 is 0 Å². The van der Waals surface area contributed by atoms with Crippen molar-refractivity contribution in [3.05, 3.63) is 144 Å². The van der Waals surface area contributed by atoms with Gasteiger partial charge in [0.25, 0.3) is 5.56 Å². The molecule has 41 heavy (non-hydrogen) atoms. The van der Waals surface area contributed by atoms with Gasteiger partial charge in [-0.3, -0.25) is 9.20 Å². The lowest BCUT2D eigenvalue weighted by Crippen LogP contribution is -2.13. The highest BCUT2D eigenvalue weighted by molar-refractivity contribution is 6.19.